The molecule has 1 unspecified atom stereocenters. The molecule has 1 saturated heterocycles. The van der Waals surface area contributed by atoms with E-state index in [9.17, 15) is 0 Å². The molecule has 0 radical (unpaired) electrons. The Bertz CT molecular complexity index is 608. The summed E-state index contributed by atoms with van der Waals surface area (Å²) in [4.78, 5) is 10.4. The SMILES string of the molecule is Nc1ncc(Br)c(OC2CCN(Cc3ccccc3)C2)n1. The summed E-state index contributed by atoms with van der Waals surface area (Å²) in [6.45, 7) is 2.87. The minimum atomic E-state index is 0.138. The van der Waals surface area contributed by atoms with Crippen LogP contribution in [0.15, 0.2) is 41.0 Å². The highest BCUT2D eigenvalue weighted by Gasteiger charge is 2.25. The summed E-state index contributed by atoms with van der Waals surface area (Å²) in [5.74, 6) is 0.751. The van der Waals surface area contributed by atoms with Gasteiger partial charge in [-0.3, -0.25) is 4.90 Å². The highest BCUT2D eigenvalue weighted by molar-refractivity contribution is 9.10. The number of ether oxygens (including phenoxy) is 1. The number of halogens is 1. The number of anilines is 1. The van der Waals surface area contributed by atoms with Crippen LogP contribution in [0.2, 0.25) is 0 Å². The van der Waals surface area contributed by atoms with Crippen LogP contribution in [0.4, 0.5) is 5.95 Å². The Morgan fingerprint density at radius 3 is 2.95 bits per heavy atom. The highest BCUT2D eigenvalue weighted by atomic mass is 79.9. The first-order valence-electron chi connectivity index (χ1n) is 6.91. The molecule has 1 aromatic heterocycles. The van der Waals surface area contributed by atoms with E-state index in [-0.39, 0.29) is 12.1 Å². The summed E-state index contributed by atoms with van der Waals surface area (Å²) < 4.78 is 6.67. The second-order valence-corrected chi connectivity index (χ2v) is 5.98. The summed E-state index contributed by atoms with van der Waals surface area (Å²) >= 11 is 3.39. The second kappa shape index (κ2) is 6.41. The molecule has 1 aromatic carbocycles. The second-order valence-electron chi connectivity index (χ2n) is 5.13. The fraction of sp³-hybridized carbons (Fsp3) is 0.333. The molecule has 6 heteroatoms. The van der Waals surface area contributed by atoms with E-state index >= 15 is 0 Å². The van der Waals surface area contributed by atoms with Gasteiger partial charge in [0.15, 0.2) is 0 Å². The Balaban J connectivity index is 1.58. The predicted molar refractivity (Wildman–Crippen MR) is 84.9 cm³/mol. The van der Waals surface area contributed by atoms with Crippen molar-refractivity contribution in [3.05, 3.63) is 46.6 Å². The first-order valence-corrected chi connectivity index (χ1v) is 7.71. The molecule has 0 saturated carbocycles. The number of nitrogen functional groups attached to an aromatic ring is 1. The predicted octanol–water partition coefficient (Wildman–Crippen LogP) is 2.47. The standard InChI is InChI=1S/C15H17BrN4O/c16-13-8-18-15(17)19-14(13)21-12-6-7-20(10-12)9-11-4-2-1-3-5-11/h1-5,8,12H,6-7,9-10H2,(H2,17,18,19). The number of aromatic nitrogens is 2. The van der Waals surface area contributed by atoms with Gasteiger partial charge in [-0.15, -0.1) is 0 Å². The Labute approximate surface area is 132 Å². The van der Waals surface area contributed by atoms with Gasteiger partial charge in [-0.05, 0) is 27.9 Å². The average molecular weight is 349 g/mol. The number of rotatable bonds is 4. The summed E-state index contributed by atoms with van der Waals surface area (Å²) in [7, 11) is 0. The summed E-state index contributed by atoms with van der Waals surface area (Å²) in [6.07, 6.45) is 2.75. The number of hydrogen-bond acceptors (Lipinski definition) is 5. The van der Waals surface area contributed by atoms with Gasteiger partial charge in [-0.2, -0.15) is 4.98 Å². The van der Waals surface area contributed by atoms with Gasteiger partial charge in [0.05, 0.1) is 10.7 Å². The van der Waals surface area contributed by atoms with Gasteiger partial charge >= 0.3 is 0 Å². The Morgan fingerprint density at radius 1 is 1.33 bits per heavy atom. The third-order valence-electron chi connectivity index (χ3n) is 3.49. The molecule has 1 atom stereocenters. The molecule has 3 rings (SSSR count). The van der Waals surface area contributed by atoms with Crippen molar-refractivity contribution in [2.75, 3.05) is 18.8 Å². The fourth-order valence-corrected chi connectivity index (χ4v) is 2.77. The van der Waals surface area contributed by atoms with E-state index in [0.717, 1.165) is 30.5 Å². The van der Waals surface area contributed by atoms with Crippen molar-refractivity contribution in [2.24, 2.45) is 0 Å². The van der Waals surface area contributed by atoms with Crippen molar-refractivity contribution in [2.45, 2.75) is 19.1 Å². The van der Waals surface area contributed by atoms with Crippen LogP contribution >= 0.6 is 15.9 Å². The zero-order valence-electron chi connectivity index (χ0n) is 11.6. The minimum absolute atomic E-state index is 0.138. The number of likely N-dealkylation sites (tertiary alicyclic amines) is 1. The number of nitrogens with zero attached hydrogens (tertiary/aromatic N) is 3. The lowest BCUT2D eigenvalue weighted by Crippen LogP contribution is -2.25. The van der Waals surface area contributed by atoms with Crippen molar-refractivity contribution >= 4 is 21.9 Å². The molecule has 2 N–H and O–H groups in total. The van der Waals surface area contributed by atoms with Gasteiger partial charge in [0.25, 0.3) is 0 Å². The van der Waals surface area contributed by atoms with Crippen molar-refractivity contribution in [1.29, 1.82) is 0 Å². The largest absolute Gasteiger partial charge is 0.472 e. The van der Waals surface area contributed by atoms with Gasteiger partial charge in [-0.25, -0.2) is 4.98 Å². The molecule has 0 amide bonds. The van der Waals surface area contributed by atoms with E-state index in [1.165, 1.54) is 5.56 Å². The molecule has 0 spiro atoms. The normalized spacial score (nSPS) is 18.8. The summed E-state index contributed by atoms with van der Waals surface area (Å²) in [5, 5.41) is 0. The van der Waals surface area contributed by atoms with E-state index in [2.05, 4.69) is 55.1 Å². The van der Waals surface area contributed by atoms with Crippen molar-refractivity contribution in [3.63, 3.8) is 0 Å². The van der Waals surface area contributed by atoms with Crippen LogP contribution in [0.3, 0.4) is 0 Å². The zero-order chi connectivity index (χ0) is 14.7. The topological polar surface area (TPSA) is 64.3 Å². The van der Waals surface area contributed by atoms with E-state index in [1.54, 1.807) is 6.20 Å². The molecule has 2 aromatic rings. The molecule has 2 heterocycles. The van der Waals surface area contributed by atoms with E-state index in [0.29, 0.717) is 5.88 Å². The first kappa shape index (κ1) is 14.3. The van der Waals surface area contributed by atoms with Gasteiger partial charge in [0, 0.05) is 19.6 Å². The smallest absolute Gasteiger partial charge is 0.233 e. The lowest BCUT2D eigenvalue weighted by Gasteiger charge is -2.17. The van der Waals surface area contributed by atoms with Crippen LogP contribution in [-0.2, 0) is 6.54 Å². The van der Waals surface area contributed by atoms with Crippen molar-refractivity contribution in [3.8, 4) is 5.88 Å². The van der Waals surface area contributed by atoms with E-state index < -0.39 is 0 Å². The summed E-state index contributed by atoms with van der Waals surface area (Å²) in [6, 6.07) is 10.5. The van der Waals surface area contributed by atoms with Gasteiger partial charge < -0.3 is 10.5 Å². The minimum Gasteiger partial charge on any atom is -0.472 e. The summed E-state index contributed by atoms with van der Waals surface area (Å²) in [5.41, 5.74) is 6.92. The monoisotopic (exact) mass is 348 g/mol. The maximum Gasteiger partial charge on any atom is 0.233 e. The van der Waals surface area contributed by atoms with E-state index in [1.807, 2.05) is 6.07 Å². The molecule has 110 valence electrons. The van der Waals surface area contributed by atoms with Crippen LogP contribution < -0.4 is 10.5 Å². The Hall–Kier alpha value is -1.66. The maximum atomic E-state index is 5.94. The quantitative estimate of drug-likeness (QED) is 0.919. The van der Waals surface area contributed by atoms with Crippen LogP contribution in [0.25, 0.3) is 0 Å². The molecular weight excluding hydrogens is 332 g/mol. The molecule has 5 nitrogen and oxygen atoms in total. The Kier molecular flexibility index (Phi) is 4.36. The first-order chi connectivity index (χ1) is 10.2. The van der Waals surface area contributed by atoms with Crippen LogP contribution in [-0.4, -0.2) is 34.1 Å². The van der Waals surface area contributed by atoms with Gasteiger partial charge in [-0.1, -0.05) is 30.3 Å². The number of nitrogens with two attached hydrogens (primary N) is 1. The number of hydrogen-bond donors (Lipinski definition) is 1. The molecule has 1 fully saturated rings. The fourth-order valence-electron chi connectivity index (χ4n) is 2.48. The molecule has 1 aliphatic rings. The van der Waals surface area contributed by atoms with E-state index in [4.69, 9.17) is 10.5 Å². The molecule has 0 aliphatic carbocycles. The molecule has 21 heavy (non-hydrogen) atoms. The molecule has 0 bridgehead atoms. The third kappa shape index (κ3) is 3.71. The third-order valence-corrected chi connectivity index (χ3v) is 4.03. The zero-order valence-corrected chi connectivity index (χ0v) is 13.2. The number of benzene rings is 1. The van der Waals surface area contributed by atoms with Crippen LogP contribution in [0, 0.1) is 0 Å². The maximum absolute atomic E-state index is 5.94. The average Bonchev–Trinajstić information content (AvgIpc) is 2.91. The van der Waals surface area contributed by atoms with Crippen molar-refractivity contribution < 1.29 is 4.74 Å². The Morgan fingerprint density at radius 2 is 2.14 bits per heavy atom. The lowest BCUT2D eigenvalue weighted by atomic mass is 10.2. The van der Waals surface area contributed by atoms with Crippen molar-refractivity contribution in [1.82, 2.24) is 14.9 Å². The molecule has 1 aliphatic heterocycles. The lowest BCUT2D eigenvalue weighted by molar-refractivity contribution is 0.190. The van der Waals surface area contributed by atoms with Crippen LogP contribution in [0.5, 0.6) is 5.88 Å². The van der Waals surface area contributed by atoms with Gasteiger partial charge in [0.2, 0.25) is 11.8 Å². The highest BCUT2D eigenvalue weighted by Crippen LogP contribution is 2.25. The van der Waals surface area contributed by atoms with Crippen LogP contribution in [0.1, 0.15) is 12.0 Å². The van der Waals surface area contributed by atoms with Gasteiger partial charge in [0.1, 0.15) is 6.10 Å². The molecular formula is C15H17BrN4O.